The molecule has 0 aliphatic rings. The number of sulfonamides is 1. The van der Waals surface area contributed by atoms with Crippen LogP contribution >= 0.6 is 0 Å². The molecular formula is C14H13N5O2S. The maximum Gasteiger partial charge on any atom is 0.238 e. The summed E-state index contributed by atoms with van der Waals surface area (Å²) in [7, 11) is -3.70. The predicted octanol–water partition coefficient (Wildman–Crippen LogP) is 1.60. The normalized spacial score (nSPS) is 11.5. The maximum absolute atomic E-state index is 11.2. The van der Waals surface area contributed by atoms with Gasteiger partial charge in [0, 0.05) is 23.0 Å². The average molecular weight is 315 g/mol. The van der Waals surface area contributed by atoms with Crippen LogP contribution in [0.15, 0.2) is 53.6 Å². The Morgan fingerprint density at radius 1 is 1.05 bits per heavy atom. The first-order valence-electron chi connectivity index (χ1n) is 6.34. The van der Waals surface area contributed by atoms with Gasteiger partial charge < -0.3 is 11.1 Å². The molecule has 7 nitrogen and oxygen atoms in total. The first kappa shape index (κ1) is 14.2. The Hall–Kier alpha value is -2.71. The molecule has 0 unspecified atom stereocenters. The van der Waals surface area contributed by atoms with Crippen LogP contribution in [0.3, 0.4) is 0 Å². The molecule has 0 aliphatic carbocycles. The molecule has 0 spiro atoms. The largest absolute Gasteiger partial charge is 0.399 e. The van der Waals surface area contributed by atoms with E-state index in [9.17, 15) is 8.42 Å². The second-order valence-electron chi connectivity index (χ2n) is 4.71. The lowest BCUT2D eigenvalue weighted by Gasteiger charge is -2.06. The molecule has 0 saturated heterocycles. The summed E-state index contributed by atoms with van der Waals surface area (Å²) in [4.78, 5) is 8.60. The second kappa shape index (κ2) is 5.24. The van der Waals surface area contributed by atoms with Crippen LogP contribution in [-0.2, 0) is 10.0 Å². The lowest BCUT2D eigenvalue weighted by Crippen LogP contribution is -2.11. The molecule has 8 heteroatoms. The molecule has 0 saturated carbocycles. The smallest absolute Gasteiger partial charge is 0.238 e. The van der Waals surface area contributed by atoms with Gasteiger partial charge in [-0.1, -0.05) is 0 Å². The van der Waals surface area contributed by atoms with Crippen molar-refractivity contribution in [3.8, 4) is 0 Å². The van der Waals surface area contributed by atoms with Crippen molar-refractivity contribution in [3.05, 3.63) is 48.7 Å². The van der Waals surface area contributed by atoms with Gasteiger partial charge in [-0.15, -0.1) is 0 Å². The minimum atomic E-state index is -3.70. The molecule has 0 aliphatic heterocycles. The van der Waals surface area contributed by atoms with Gasteiger partial charge in [0.1, 0.15) is 0 Å². The van der Waals surface area contributed by atoms with Crippen LogP contribution < -0.4 is 16.2 Å². The predicted molar refractivity (Wildman–Crippen MR) is 85.0 cm³/mol. The number of anilines is 3. The Labute approximate surface area is 127 Å². The van der Waals surface area contributed by atoms with E-state index >= 15 is 0 Å². The number of aromatic nitrogens is 2. The SMILES string of the molecule is Nc1ccc2cnc(Nc3ccc(S(N)(=O)=O)cc3)nc2c1. The van der Waals surface area contributed by atoms with Crippen LogP contribution in [0, 0.1) is 0 Å². The highest BCUT2D eigenvalue weighted by Crippen LogP contribution is 2.19. The number of nitrogens with one attached hydrogen (secondary N) is 1. The number of nitrogens with zero attached hydrogens (tertiary/aromatic N) is 2. The van der Waals surface area contributed by atoms with Gasteiger partial charge in [0.05, 0.1) is 10.4 Å². The van der Waals surface area contributed by atoms with E-state index in [0.717, 1.165) is 10.9 Å². The standard InChI is InChI=1S/C14H13N5O2S/c15-10-2-1-9-8-17-14(19-13(9)7-10)18-11-3-5-12(6-4-11)22(16,20)21/h1-8H,15H2,(H2,16,20,21)(H,17,18,19). The molecule has 0 amide bonds. The molecule has 1 heterocycles. The zero-order chi connectivity index (χ0) is 15.7. The van der Waals surface area contributed by atoms with Crippen LogP contribution in [0.2, 0.25) is 0 Å². The maximum atomic E-state index is 11.2. The molecule has 0 radical (unpaired) electrons. The van der Waals surface area contributed by atoms with Crippen LogP contribution in [0.4, 0.5) is 17.3 Å². The molecule has 22 heavy (non-hydrogen) atoms. The molecule has 0 fully saturated rings. The molecule has 112 valence electrons. The van der Waals surface area contributed by atoms with Gasteiger partial charge in [-0.05, 0) is 42.5 Å². The van der Waals surface area contributed by atoms with Gasteiger partial charge in [-0.2, -0.15) is 0 Å². The fourth-order valence-electron chi connectivity index (χ4n) is 1.96. The highest BCUT2D eigenvalue weighted by molar-refractivity contribution is 7.89. The average Bonchev–Trinajstić information content (AvgIpc) is 2.46. The van der Waals surface area contributed by atoms with Gasteiger partial charge in [0.25, 0.3) is 0 Å². The summed E-state index contributed by atoms with van der Waals surface area (Å²) in [6, 6.07) is 11.4. The van der Waals surface area contributed by atoms with Gasteiger partial charge in [-0.3, -0.25) is 0 Å². The van der Waals surface area contributed by atoms with Gasteiger partial charge in [-0.25, -0.2) is 23.5 Å². The number of rotatable bonds is 3. The quantitative estimate of drug-likeness (QED) is 0.631. The number of primary sulfonamides is 1. The monoisotopic (exact) mass is 315 g/mol. The summed E-state index contributed by atoms with van der Waals surface area (Å²) in [6.45, 7) is 0. The highest BCUT2D eigenvalue weighted by atomic mass is 32.2. The molecule has 0 atom stereocenters. The third kappa shape index (κ3) is 2.97. The van der Waals surface area contributed by atoms with Crippen molar-refractivity contribution in [2.75, 3.05) is 11.1 Å². The Balaban J connectivity index is 1.89. The molecule has 3 rings (SSSR count). The van der Waals surface area contributed by atoms with Crippen molar-refractivity contribution in [2.45, 2.75) is 4.90 Å². The van der Waals surface area contributed by atoms with Crippen molar-refractivity contribution in [1.82, 2.24) is 9.97 Å². The summed E-state index contributed by atoms with van der Waals surface area (Å²) in [5.74, 6) is 0.390. The van der Waals surface area contributed by atoms with Crippen LogP contribution in [-0.4, -0.2) is 18.4 Å². The number of fused-ring (bicyclic) bond motifs is 1. The fraction of sp³-hybridized carbons (Fsp3) is 0. The lowest BCUT2D eigenvalue weighted by atomic mass is 10.2. The summed E-state index contributed by atoms with van der Waals surface area (Å²) in [5, 5.41) is 8.93. The van der Waals surface area contributed by atoms with E-state index in [4.69, 9.17) is 10.9 Å². The number of hydrogen-bond acceptors (Lipinski definition) is 6. The van der Waals surface area contributed by atoms with Crippen molar-refractivity contribution >= 4 is 38.2 Å². The fourth-order valence-corrected chi connectivity index (χ4v) is 2.47. The minimum absolute atomic E-state index is 0.0465. The second-order valence-corrected chi connectivity index (χ2v) is 6.27. The highest BCUT2D eigenvalue weighted by Gasteiger charge is 2.07. The lowest BCUT2D eigenvalue weighted by molar-refractivity contribution is 0.598. The zero-order valence-electron chi connectivity index (χ0n) is 11.4. The third-order valence-electron chi connectivity index (χ3n) is 3.05. The summed E-state index contributed by atoms with van der Waals surface area (Å²) >= 11 is 0. The van der Waals surface area contributed by atoms with Gasteiger partial charge in [0.2, 0.25) is 16.0 Å². The minimum Gasteiger partial charge on any atom is -0.399 e. The Bertz CT molecular complexity index is 939. The summed E-state index contributed by atoms with van der Waals surface area (Å²) in [6.07, 6.45) is 1.68. The zero-order valence-corrected chi connectivity index (χ0v) is 12.2. The van der Waals surface area contributed by atoms with Crippen LogP contribution in [0.1, 0.15) is 0 Å². The molecule has 3 aromatic rings. The van der Waals surface area contributed by atoms with Gasteiger partial charge in [0.15, 0.2) is 0 Å². The Morgan fingerprint density at radius 3 is 2.45 bits per heavy atom. The Morgan fingerprint density at radius 2 is 1.77 bits per heavy atom. The van der Waals surface area contributed by atoms with E-state index in [2.05, 4.69) is 15.3 Å². The van der Waals surface area contributed by atoms with Crippen molar-refractivity contribution in [2.24, 2.45) is 5.14 Å². The van der Waals surface area contributed by atoms with E-state index in [1.165, 1.54) is 12.1 Å². The van der Waals surface area contributed by atoms with E-state index < -0.39 is 10.0 Å². The number of benzene rings is 2. The summed E-state index contributed by atoms with van der Waals surface area (Å²) < 4.78 is 22.4. The Kier molecular flexibility index (Phi) is 3.39. The van der Waals surface area contributed by atoms with E-state index in [1.54, 1.807) is 30.5 Å². The van der Waals surface area contributed by atoms with E-state index in [-0.39, 0.29) is 4.90 Å². The first-order valence-corrected chi connectivity index (χ1v) is 7.89. The molecule has 1 aromatic heterocycles. The molecule has 5 N–H and O–H groups in total. The van der Waals surface area contributed by atoms with Crippen molar-refractivity contribution in [1.29, 1.82) is 0 Å². The van der Waals surface area contributed by atoms with E-state index in [0.29, 0.717) is 17.3 Å². The topological polar surface area (TPSA) is 124 Å². The van der Waals surface area contributed by atoms with Crippen LogP contribution in [0.25, 0.3) is 10.9 Å². The first-order chi connectivity index (χ1) is 10.4. The molecule has 0 bridgehead atoms. The summed E-state index contributed by atoms with van der Waals surface area (Å²) in [5.41, 5.74) is 7.72. The third-order valence-corrected chi connectivity index (χ3v) is 3.97. The molecular weight excluding hydrogens is 302 g/mol. The van der Waals surface area contributed by atoms with E-state index in [1.807, 2.05) is 6.07 Å². The van der Waals surface area contributed by atoms with Crippen molar-refractivity contribution < 1.29 is 8.42 Å². The number of hydrogen-bond donors (Lipinski definition) is 3. The number of nitrogen functional groups attached to an aromatic ring is 1. The molecule has 2 aromatic carbocycles. The van der Waals surface area contributed by atoms with Crippen molar-refractivity contribution in [3.63, 3.8) is 0 Å². The van der Waals surface area contributed by atoms with Gasteiger partial charge >= 0.3 is 0 Å². The number of nitrogens with two attached hydrogens (primary N) is 2. The van der Waals surface area contributed by atoms with Crippen LogP contribution in [0.5, 0.6) is 0 Å².